The summed E-state index contributed by atoms with van der Waals surface area (Å²) in [5.74, 6) is 2.57. The van der Waals surface area contributed by atoms with E-state index in [-0.39, 0.29) is 0 Å². The molecule has 1 saturated heterocycles. The van der Waals surface area contributed by atoms with E-state index in [2.05, 4.69) is 53.6 Å². The summed E-state index contributed by atoms with van der Waals surface area (Å²) in [6.07, 6.45) is 1.31. The Balaban J connectivity index is 1.83. The highest BCUT2D eigenvalue weighted by Gasteiger charge is 2.35. The molecule has 1 aromatic heterocycles. The first-order chi connectivity index (χ1) is 7.73. The van der Waals surface area contributed by atoms with Crippen LogP contribution >= 0.6 is 23.1 Å². The van der Waals surface area contributed by atoms with Crippen molar-refractivity contribution < 1.29 is 0 Å². The molecule has 0 aliphatic carbocycles. The van der Waals surface area contributed by atoms with Gasteiger partial charge >= 0.3 is 0 Å². The Labute approximate surface area is 106 Å². The highest BCUT2D eigenvalue weighted by Crippen LogP contribution is 2.31. The Hall–Kier alpha value is -0.0300. The smallest absolute Gasteiger partial charge is 0.0425 e. The van der Waals surface area contributed by atoms with Crippen LogP contribution in [0.3, 0.4) is 0 Å². The monoisotopic (exact) mass is 256 g/mol. The predicted octanol–water partition coefficient (Wildman–Crippen LogP) is 2.28. The summed E-state index contributed by atoms with van der Waals surface area (Å²) < 4.78 is 0. The summed E-state index contributed by atoms with van der Waals surface area (Å²) in [5, 5.41) is 5.75. The fraction of sp³-hybridized carbons (Fsp3) is 0.667. The van der Waals surface area contributed by atoms with Crippen LogP contribution in [-0.2, 0) is 6.54 Å². The number of nitrogens with zero attached hydrogens (tertiary/aromatic N) is 1. The van der Waals surface area contributed by atoms with E-state index in [4.69, 9.17) is 0 Å². The largest absolute Gasteiger partial charge is 0.310 e. The third kappa shape index (κ3) is 2.80. The molecule has 1 atom stereocenters. The van der Waals surface area contributed by atoms with Crippen LogP contribution in [0.4, 0.5) is 0 Å². The van der Waals surface area contributed by atoms with Gasteiger partial charge in [-0.15, -0.1) is 11.3 Å². The van der Waals surface area contributed by atoms with Gasteiger partial charge in [-0.25, -0.2) is 0 Å². The van der Waals surface area contributed by atoms with Crippen molar-refractivity contribution in [3.63, 3.8) is 0 Å². The van der Waals surface area contributed by atoms with Crippen molar-refractivity contribution in [2.45, 2.75) is 18.5 Å². The van der Waals surface area contributed by atoms with Crippen LogP contribution in [0.15, 0.2) is 17.5 Å². The second kappa shape index (κ2) is 5.54. The minimum atomic E-state index is 0.377. The zero-order valence-electron chi connectivity index (χ0n) is 10.0. The quantitative estimate of drug-likeness (QED) is 0.870. The van der Waals surface area contributed by atoms with Gasteiger partial charge in [0.05, 0.1) is 0 Å². The van der Waals surface area contributed by atoms with Gasteiger partial charge in [-0.05, 0) is 37.7 Å². The number of likely N-dealkylation sites (N-methyl/N-ethyl adjacent to an activating group) is 1. The van der Waals surface area contributed by atoms with Crippen molar-refractivity contribution in [1.29, 1.82) is 0 Å². The molecule has 1 aromatic rings. The van der Waals surface area contributed by atoms with Gasteiger partial charge in [0, 0.05) is 29.3 Å². The highest BCUT2D eigenvalue weighted by molar-refractivity contribution is 7.99. The lowest BCUT2D eigenvalue weighted by molar-refractivity contribution is 0.175. The zero-order chi connectivity index (χ0) is 11.4. The Morgan fingerprint density at radius 1 is 1.50 bits per heavy atom. The number of nitrogens with one attached hydrogen (secondary N) is 1. The molecule has 2 rings (SSSR count). The molecule has 2 heterocycles. The average molecular weight is 256 g/mol. The highest BCUT2D eigenvalue weighted by atomic mass is 32.2. The van der Waals surface area contributed by atoms with Crippen molar-refractivity contribution >= 4 is 23.1 Å². The summed E-state index contributed by atoms with van der Waals surface area (Å²) in [6.45, 7) is 2.11. The second-order valence-electron chi connectivity index (χ2n) is 4.60. The van der Waals surface area contributed by atoms with Crippen molar-refractivity contribution in [1.82, 2.24) is 10.2 Å². The Morgan fingerprint density at radius 3 is 2.94 bits per heavy atom. The maximum atomic E-state index is 3.61. The first-order valence-electron chi connectivity index (χ1n) is 5.71. The van der Waals surface area contributed by atoms with E-state index in [1.54, 1.807) is 0 Å². The molecule has 0 amide bonds. The second-order valence-corrected chi connectivity index (χ2v) is 6.74. The van der Waals surface area contributed by atoms with Gasteiger partial charge < -0.3 is 10.2 Å². The molecule has 1 N–H and O–H groups in total. The molecule has 1 aliphatic heterocycles. The number of hydrogen-bond donors (Lipinski definition) is 1. The first-order valence-corrected chi connectivity index (χ1v) is 7.75. The lowest BCUT2D eigenvalue weighted by Crippen LogP contribution is -2.51. The van der Waals surface area contributed by atoms with Gasteiger partial charge in [0.1, 0.15) is 0 Å². The van der Waals surface area contributed by atoms with E-state index in [0.717, 1.165) is 13.1 Å². The van der Waals surface area contributed by atoms with Crippen molar-refractivity contribution in [2.24, 2.45) is 0 Å². The van der Waals surface area contributed by atoms with Crippen LogP contribution in [0.25, 0.3) is 0 Å². The number of hydrogen-bond acceptors (Lipinski definition) is 4. The topological polar surface area (TPSA) is 15.3 Å². The third-order valence-corrected chi connectivity index (χ3v) is 5.48. The van der Waals surface area contributed by atoms with Gasteiger partial charge in [0.2, 0.25) is 0 Å². The summed E-state index contributed by atoms with van der Waals surface area (Å²) >= 11 is 3.91. The predicted molar refractivity (Wildman–Crippen MR) is 74.4 cm³/mol. The van der Waals surface area contributed by atoms with Gasteiger partial charge in [-0.3, -0.25) is 0 Å². The van der Waals surface area contributed by atoms with E-state index in [1.807, 2.05) is 11.3 Å². The molecule has 1 aliphatic rings. The molecule has 1 unspecified atom stereocenters. The van der Waals surface area contributed by atoms with Crippen LogP contribution in [0.2, 0.25) is 0 Å². The fourth-order valence-electron chi connectivity index (χ4n) is 2.08. The maximum Gasteiger partial charge on any atom is 0.0425 e. The van der Waals surface area contributed by atoms with Gasteiger partial charge in [0.25, 0.3) is 0 Å². The minimum Gasteiger partial charge on any atom is -0.310 e. The maximum absolute atomic E-state index is 3.61. The van der Waals surface area contributed by atoms with Crippen molar-refractivity contribution in [2.75, 3.05) is 32.1 Å². The molecular weight excluding hydrogens is 236 g/mol. The molecule has 0 spiro atoms. The molecular formula is C12H20N2S2. The summed E-state index contributed by atoms with van der Waals surface area (Å²) in [4.78, 5) is 3.83. The molecule has 0 bridgehead atoms. The molecule has 0 aromatic carbocycles. The van der Waals surface area contributed by atoms with Crippen LogP contribution in [0.5, 0.6) is 0 Å². The lowest BCUT2D eigenvalue weighted by Gasteiger charge is -2.35. The van der Waals surface area contributed by atoms with E-state index in [1.165, 1.54) is 22.8 Å². The lowest BCUT2D eigenvalue weighted by atomic mass is 9.97. The van der Waals surface area contributed by atoms with Crippen molar-refractivity contribution in [3.8, 4) is 0 Å². The first kappa shape index (κ1) is 12.4. The molecule has 0 saturated carbocycles. The molecule has 4 heteroatoms. The van der Waals surface area contributed by atoms with Gasteiger partial charge in [-0.1, -0.05) is 6.07 Å². The normalized spacial score (nSPS) is 25.4. The Bertz CT molecular complexity index is 303. The van der Waals surface area contributed by atoms with Crippen LogP contribution in [0, 0.1) is 0 Å². The van der Waals surface area contributed by atoms with E-state index >= 15 is 0 Å². The molecule has 2 nitrogen and oxygen atoms in total. The summed E-state index contributed by atoms with van der Waals surface area (Å²) in [7, 11) is 4.41. The van der Waals surface area contributed by atoms with Crippen LogP contribution in [-0.4, -0.2) is 42.6 Å². The standard InChI is InChI=1S/C12H20N2S2/c1-14(2)12(5-7-15-10-12)9-13-8-11-4-3-6-16-11/h3-4,6,13H,5,7-10H2,1-2H3. The van der Waals surface area contributed by atoms with Crippen molar-refractivity contribution in [3.05, 3.63) is 22.4 Å². The Kier molecular flexibility index (Phi) is 4.30. The van der Waals surface area contributed by atoms with Gasteiger partial charge in [-0.2, -0.15) is 11.8 Å². The summed E-state index contributed by atoms with van der Waals surface area (Å²) in [6, 6.07) is 4.32. The minimum absolute atomic E-state index is 0.377. The fourth-order valence-corrected chi connectivity index (χ4v) is 4.31. The molecule has 90 valence electrons. The number of thioether (sulfide) groups is 1. The SMILES string of the molecule is CN(C)C1(CNCc2cccs2)CCSC1. The van der Waals surface area contributed by atoms with Crippen LogP contribution in [0.1, 0.15) is 11.3 Å². The average Bonchev–Trinajstić information content (AvgIpc) is 2.88. The van der Waals surface area contributed by atoms with E-state index < -0.39 is 0 Å². The zero-order valence-corrected chi connectivity index (χ0v) is 11.7. The van der Waals surface area contributed by atoms with Gasteiger partial charge in [0.15, 0.2) is 0 Å². The van der Waals surface area contributed by atoms with Crippen LogP contribution < -0.4 is 5.32 Å². The van der Waals surface area contributed by atoms with E-state index in [9.17, 15) is 0 Å². The Morgan fingerprint density at radius 2 is 2.38 bits per heavy atom. The molecule has 1 fully saturated rings. The third-order valence-electron chi connectivity index (χ3n) is 3.36. The number of rotatable bonds is 5. The molecule has 16 heavy (non-hydrogen) atoms. The van der Waals surface area contributed by atoms with E-state index in [0.29, 0.717) is 5.54 Å². The number of thiophene rings is 1. The summed E-state index contributed by atoms with van der Waals surface area (Å²) in [5.41, 5.74) is 0.377. The molecule has 0 radical (unpaired) electrons.